The largest absolute Gasteiger partial charge is 0.508 e. The standard InChI is InChI=1S/C23H25NO3/c1-3-27-20-10-4-16(5-11-20)23-15-17-14-21(26-2)12-13-22(17)24(23)18-6-8-19(25)9-7-18/h4-11,15,21,25H,3,12-14H2,1-2H3. The molecule has 1 unspecified atom stereocenters. The number of benzene rings is 2. The molecule has 3 aromatic rings. The topological polar surface area (TPSA) is 43.6 Å². The summed E-state index contributed by atoms with van der Waals surface area (Å²) in [5, 5.41) is 9.69. The van der Waals surface area contributed by atoms with Crippen LogP contribution in [-0.4, -0.2) is 29.5 Å². The Labute approximate surface area is 160 Å². The maximum absolute atomic E-state index is 9.69. The van der Waals surface area contributed by atoms with Crippen LogP contribution in [0.25, 0.3) is 16.9 Å². The minimum atomic E-state index is 0.279. The van der Waals surface area contributed by atoms with Crippen LogP contribution in [0.4, 0.5) is 0 Å². The van der Waals surface area contributed by atoms with Crippen LogP contribution in [0.15, 0.2) is 54.6 Å². The van der Waals surface area contributed by atoms with Crippen molar-refractivity contribution in [1.29, 1.82) is 0 Å². The molecule has 0 saturated carbocycles. The molecule has 1 aliphatic rings. The van der Waals surface area contributed by atoms with Crippen molar-refractivity contribution in [3.05, 3.63) is 65.9 Å². The summed E-state index contributed by atoms with van der Waals surface area (Å²) in [6, 6.07) is 17.9. The summed E-state index contributed by atoms with van der Waals surface area (Å²) in [4.78, 5) is 0. The second kappa shape index (κ2) is 7.49. The molecule has 4 heteroatoms. The van der Waals surface area contributed by atoms with Gasteiger partial charge in [0.05, 0.1) is 18.4 Å². The molecule has 1 N–H and O–H groups in total. The predicted molar refractivity (Wildman–Crippen MR) is 107 cm³/mol. The minimum Gasteiger partial charge on any atom is -0.508 e. The average Bonchev–Trinajstić information content (AvgIpc) is 3.08. The molecule has 27 heavy (non-hydrogen) atoms. The second-order valence-corrected chi connectivity index (χ2v) is 6.91. The third-order valence-corrected chi connectivity index (χ3v) is 5.25. The molecule has 4 rings (SSSR count). The fraction of sp³-hybridized carbons (Fsp3) is 0.304. The Kier molecular flexibility index (Phi) is 4.90. The Morgan fingerprint density at radius 3 is 2.48 bits per heavy atom. The van der Waals surface area contributed by atoms with Crippen molar-refractivity contribution in [3.63, 3.8) is 0 Å². The van der Waals surface area contributed by atoms with Crippen molar-refractivity contribution in [2.45, 2.75) is 32.3 Å². The van der Waals surface area contributed by atoms with Gasteiger partial charge in [0.1, 0.15) is 11.5 Å². The summed E-state index contributed by atoms with van der Waals surface area (Å²) in [5.74, 6) is 1.16. The van der Waals surface area contributed by atoms with E-state index in [-0.39, 0.29) is 11.9 Å². The molecule has 0 fully saturated rings. The highest BCUT2D eigenvalue weighted by molar-refractivity contribution is 5.67. The Morgan fingerprint density at radius 2 is 1.81 bits per heavy atom. The zero-order valence-electron chi connectivity index (χ0n) is 15.8. The summed E-state index contributed by atoms with van der Waals surface area (Å²) in [5.41, 5.74) is 6.04. The third kappa shape index (κ3) is 3.45. The number of methoxy groups -OCH3 is 1. The molecule has 0 saturated heterocycles. The van der Waals surface area contributed by atoms with Gasteiger partial charge in [-0.25, -0.2) is 0 Å². The lowest BCUT2D eigenvalue weighted by molar-refractivity contribution is 0.0906. The van der Waals surface area contributed by atoms with Crippen molar-refractivity contribution in [2.75, 3.05) is 13.7 Å². The van der Waals surface area contributed by atoms with Gasteiger partial charge in [-0.15, -0.1) is 0 Å². The lowest BCUT2D eigenvalue weighted by Gasteiger charge is -2.23. The molecular weight excluding hydrogens is 338 g/mol. The highest BCUT2D eigenvalue weighted by Crippen LogP contribution is 2.35. The van der Waals surface area contributed by atoms with Crippen LogP contribution in [0.2, 0.25) is 0 Å². The van der Waals surface area contributed by atoms with Gasteiger partial charge in [-0.1, -0.05) is 0 Å². The number of ether oxygens (including phenoxy) is 2. The van der Waals surface area contributed by atoms with Crippen LogP contribution in [0.3, 0.4) is 0 Å². The Bertz CT molecular complexity index is 910. The van der Waals surface area contributed by atoms with E-state index < -0.39 is 0 Å². The number of fused-ring (bicyclic) bond motifs is 1. The Morgan fingerprint density at radius 1 is 1.07 bits per heavy atom. The highest BCUT2D eigenvalue weighted by atomic mass is 16.5. The van der Waals surface area contributed by atoms with E-state index in [1.54, 1.807) is 19.2 Å². The van der Waals surface area contributed by atoms with Crippen molar-refractivity contribution in [3.8, 4) is 28.4 Å². The second-order valence-electron chi connectivity index (χ2n) is 6.91. The maximum atomic E-state index is 9.69. The SMILES string of the molecule is CCOc1ccc(-c2cc3c(n2-c2ccc(O)cc2)CCC(OC)C3)cc1. The third-order valence-electron chi connectivity index (χ3n) is 5.25. The Hall–Kier alpha value is -2.72. The molecule has 1 atom stereocenters. The van der Waals surface area contributed by atoms with E-state index in [2.05, 4.69) is 22.8 Å². The van der Waals surface area contributed by atoms with Gasteiger partial charge in [-0.2, -0.15) is 0 Å². The first-order valence-electron chi connectivity index (χ1n) is 9.48. The molecule has 140 valence electrons. The number of aromatic hydroxyl groups is 1. The van der Waals surface area contributed by atoms with E-state index in [0.717, 1.165) is 42.0 Å². The molecule has 4 nitrogen and oxygen atoms in total. The lowest BCUT2D eigenvalue weighted by Crippen LogP contribution is -2.21. The van der Waals surface area contributed by atoms with Crippen molar-refractivity contribution < 1.29 is 14.6 Å². The molecule has 1 aliphatic carbocycles. The van der Waals surface area contributed by atoms with Crippen molar-refractivity contribution >= 4 is 0 Å². The predicted octanol–water partition coefficient (Wildman–Crippen LogP) is 4.75. The van der Waals surface area contributed by atoms with Crippen LogP contribution < -0.4 is 4.74 Å². The number of nitrogens with zero attached hydrogens (tertiary/aromatic N) is 1. The van der Waals surface area contributed by atoms with E-state index in [0.29, 0.717) is 6.61 Å². The molecule has 0 bridgehead atoms. The summed E-state index contributed by atoms with van der Waals surface area (Å²) < 4.78 is 13.5. The molecule has 2 aromatic carbocycles. The van der Waals surface area contributed by atoms with E-state index >= 15 is 0 Å². The van der Waals surface area contributed by atoms with Crippen LogP contribution >= 0.6 is 0 Å². The molecule has 0 amide bonds. The van der Waals surface area contributed by atoms with E-state index in [9.17, 15) is 5.11 Å². The number of phenolic OH excluding ortho intramolecular Hbond substituents is 1. The number of aromatic nitrogens is 1. The monoisotopic (exact) mass is 363 g/mol. The highest BCUT2D eigenvalue weighted by Gasteiger charge is 2.25. The van der Waals surface area contributed by atoms with Crippen molar-refractivity contribution in [2.24, 2.45) is 0 Å². The summed E-state index contributed by atoms with van der Waals surface area (Å²) in [6.45, 7) is 2.65. The fourth-order valence-corrected chi connectivity index (χ4v) is 3.89. The van der Waals surface area contributed by atoms with E-state index in [4.69, 9.17) is 9.47 Å². The number of hydrogen-bond acceptors (Lipinski definition) is 3. The summed E-state index contributed by atoms with van der Waals surface area (Å²) in [6.07, 6.45) is 3.21. The number of hydrogen-bond donors (Lipinski definition) is 1. The first kappa shape index (κ1) is 17.7. The van der Waals surface area contributed by atoms with Gasteiger partial charge < -0.3 is 19.1 Å². The van der Waals surface area contributed by atoms with Gasteiger partial charge in [0, 0.05) is 24.9 Å². The first-order valence-corrected chi connectivity index (χ1v) is 9.48. The molecule has 1 heterocycles. The van der Waals surface area contributed by atoms with Gasteiger partial charge in [0.15, 0.2) is 0 Å². The van der Waals surface area contributed by atoms with Gasteiger partial charge in [0.2, 0.25) is 0 Å². The summed E-state index contributed by atoms with van der Waals surface area (Å²) in [7, 11) is 1.79. The van der Waals surface area contributed by atoms with E-state index in [1.807, 2.05) is 31.2 Å². The summed E-state index contributed by atoms with van der Waals surface area (Å²) >= 11 is 0. The van der Waals surface area contributed by atoms with Crippen LogP contribution in [0, 0.1) is 0 Å². The molecule has 0 spiro atoms. The fourth-order valence-electron chi connectivity index (χ4n) is 3.89. The smallest absolute Gasteiger partial charge is 0.119 e. The lowest BCUT2D eigenvalue weighted by atomic mass is 9.95. The normalized spacial score (nSPS) is 16.1. The first-order chi connectivity index (χ1) is 13.2. The quantitative estimate of drug-likeness (QED) is 0.711. The van der Waals surface area contributed by atoms with Crippen LogP contribution in [-0.2, 0) is 17.6 Å². The molecule has 0 radical (unpaired) electrons. The van der Waals surface area contributed by atoms with Gasteiger partial charge in [-0.3, -0.25) is 0 Å². The maximum Gasteiger partial charge on any atom is 0.119 e. The van der Waals surface area contributed by atoms with Crippen LogP contribution in [0.1, 0.15) is 24.6 Å². The number of phenols is 1. The minimum absolute atomic E-state index is 0.279. The molecule has 1 aromatic heterocycles. The van der Waals surface area contributed by atoms with Crippen LogP contribution in [0.5, 0.6) is 11.5 Å². The van der Waals surface area contributed by atoms with Gasteiger partial charge >= 0.3 is 0 Å². The van der Waals surface area contributed by atoms with E-state index in [1.165, 1.54) is 11.3 Å². The molecule has 0 aliphatic heterocycles. The van der Waals surface area contributed by atoms with Gasteiger partial charge in [-0.05, 0) is 85.5 Å². The zero-order valence-corrected chi connectivity index (χ0v) is 15.8. The average molecular weight is 363 g/mol. The van der Waals surface area contributed by atoms with Gasteiger partial charge in [0.25, 0.3) is 0 Å². The molecular formula is C23H25NO3. The Balaban J connectivity index is 1.82. The number of rotatable bonds is 5. The van der Waals surface area contributed by atoms with Crippen molar-refractivity contribution in [1.82, 2.24) is 4.57 Å². The zero-order chi connectivity index (χ0) is 18.8.